The second kappa shape index (κ2) is 7.24. The van der Waals surface area contributed by atoms with Crippen LogP contribution >= 0.6 is 0 Å². The molecule has 1 aliphatic rings. The lowest BCUT2D eigenvalue weighted by molar-refractivity contribution is -0.117. The number of benzene rings is 2. The number of rotatable bonds is 4. The van der Waals surface area contributed by atoms with Crippen molar-refractivity contribution in [1.29, 1.82) is 0 Å². The summed E-state index contributed by atoms with van der Waals surface area (Å²) < 4.78 is 0. The number of aliphatic imine (C=N–C) groups is 1. The third-order valence-electron chi connectivity index (χ3n) is 4.84. The summed E-state index contributed by atoms with van der Waals surface area (Å²) in [5, 5.41) is 3.26. The predicted molar refractivity (Wildman–Crippen MR) is 105 cm³/mol. The molecule has 4 heteroatoms. The number of amidine groups is 1. The molecule has 0 aliphatic carbocycles. The molecule has 26 heavy (non-hydrogen) atoms. The van der Waals surface area contributed by atoms with Gasteiger partial charge in [0.05, 0.1) is 5.69 Å². The van der Waals surface area contributed by atoms with Gasteiger partial charge in [-0.3, -0.25) is 14.6 Å². The van der Waals surface area contributed by atoms with Crippen LogP contribution in [0.1, 0.15) is 46.8 Å². The summed E-state index contributed by atoms with van der Waals surface area (Å²) >= 11 is 0. The van der Waals surface area contributed by atoms with E-state index in [1.165, 1.54) is 12.5 Å². The highest BCUT2D eigenvalue weighted by atomic mass is 16.2. The first-order valence-corrected chi connectivity index (χ1v) is 8.90. The lowest BCUT2D eigenvalue weighted by atomic mass is 9.85. The van der Waals surface area contributed by atoms with Crippen LogP contribution in [0.25, 0.3) is 0 Å². The van der Waals surface area contributed by atoms with E-state index in [1.807, 2.05) is 44.2 Å². The molecule has 0 bridgehead atoms. The fraction of sp³-hybridized carbons (Fsp3) is 0.318. The second-order valence-electron chi connectivity index (χ2n) is 7.07. The molecule has 0 saturated carbocycles. The van der Waals surface area contributed by atoms with Crippen molar-refractivity contribution in [3.63, 3.8) is 0 Å². The van der Waals surface area contributed by atoms with E-state index in [0.29, 0.717) is 17.9 Å². The van der Waals surface area contributed by atoms with Crippen LogP contribution < -0.4 is 5.32 Å². The number of carbonyl (C=O) groups is 2. The Labute approximate surface area is 154 Å². The molecule has 0 amide bonds. The number of Topliss-reactive ketones (excluding diaryl/α,β-unsaturated/α-hetero) is 2. The van der Waals surface area contributed by atoms with Crippen LogP contribution in [0.15, 0.2) is 47.5 Å². The smallest absolute Gasteiger partial charge is 0.183 e. The maximum atomic E-state index is 13.0. The van der Waals surface area contributed by atoms with E-state index in [1.54, 1.807) is 0 Å². The zero-order valence-electron chi connectivity index (χ0n) is 15.7. The summed E-state index contributed by atoms with van der Waals surface area (Å²) in [4.78, 5) is 29.8. The Morgan fingerprint density at radius 2 is 1.88 bits per heavy atom. The molecule has 0 fully saturated rings. The molecule has 2 unspecified atom stereocenters. The van der Waals surface area contributed by atoms with Crippen molar-refractivity contribution >= 4 is 23.1 Å². The normalized spacial score (nSPS) is 19.0. The standard InChI is InChI=1S/C22H24N2O2/c1-13-10-14(2)19-18(11-13)24-22(20(16(4)25)21(19)26)23-12-15(3)17-8-6-5-7-9-17/h5-11,15,20H,12H2,1-4H3,(H,23,24). The van der Waals surface area contributed by atoms with Gasteiger partial charge in [-0.15, -0.1) is 0 Å². The maximum absolute atomic E-state index is 13.0. The lowest BCUT2D eigenvalue weighted by Gasteiger charge is -2.27. The van der Waals surface area contributed by atoms with Crippen molar-refractivity contribution < 1.29 is 9.59 Å². The minimum atomic E-state index is -0.841. The van der Waals surface area contributed by atoms with Gasteiger partial charge in [0.1, 0.15) is 17.5 Å². The average molecular weight is 348 g/mol. The van der Waals surface area contributed by atoms with Crippen molar-refractivity contribution in [1.82, 2.24) is 0 Å². The SMILES string of the molecule is CC(=O)C1C(=O)c2c(C)cc(C)cc2NC1=NCC(C)c1ccccc1. The van der Waals surface area contributed by atoms with Crippen LogP contribution in [0.2, 0.25) is 0 Å². The Morgan fingerprint density at radius 1 is 1.19 bits per heavy atom. The summed E-state index contributed by atoms with van der Waals surface area (Å²) in [5.74, 6) is -0.516. The summed E-state index contributed by atoms with van der Waals surface area (Å²) in [7, 11) is 0. The topological polar surface area (TPSA) is 58.5 Å². The molecular formula is C22H24N2O2. The Kier molecular flexibility index (Phi) is 5.03. The van der Waals surface area contributed by atoms with Crippen LogP contribution in [0.5, 0.6) is 0 Å². The van der Waals surface area contributed by atoms with Gasteiger partial charge in [0, 0.05) is 18.0 Å². The number of nitrogens with one attached hydrogen (secondary N) is 1. The van der Waals surface area contributed by atoms with Crippen molar-refractivity contribution in [2.75, 3.05) is 11.9 Å². The van der Waals surface area contributed by atoms with Crippen molar-refractivity contribution in [2.24, 2.45) is 10.9 Å². The predicted octanol–water partition coefficient (Wildman–Crippen LogP) is 4.32. The number of hydrogen-bond donors (Lipinski definition) is 1. The van der Waals surface area contributed by atoms with Gasteiger partial charge in [0.2, 0.25) is 0 Å². The molecule has 0 radical (unpaired) electrons. The van der Waals surface area contributed by atoms with Crippen LogP contribution in [0.4, 0.5) is 5.69 Å². The van der Waals surface area contributed by atoms with Gasteiger partial charge in [-0.05, 0) is 43.5 Å². The van der Waals surface area contributed by atoms with Crippen molar-refractivity contribution in [3.8, 4) is 0 Å². The number of fused-ring (bicyclic) bond motifs is 1. The zero-order valence-corrected chi connectivity index (χ0v) is 15.7. The Balaban J connectivity index is 1.95. The first-order valence-electron chi connectivity index (χ1n) is 8.90. The van der Waals surface area contributed by atoms with Crippen molar-refractivity contribution in [3.05, 3.63) is 64.7 Å². The van der Waals surface area contributed by atoms with E-state index in [2.05, 4.69) is 29.4 Å². The van der Waals surface area contributed by atoms with Gasteiger partial charge in [0.25, 0.3) is 0 Å². The molecule has 2 aromatic rings. The third-order valence-corrected chi connectivity index (χ3v) is 4.84. The van der Waals surface area contributed by atoms with Crippen LogP contribution in [-0.2, 0) is 4.79 Å². The van der Waals surface area contributed by atoms with Gasteiger partial charge < -0.3 is 5.32 Å². The molecule has 1 heterocycles. The summed E-state index contributed by atoms with van der Waals surface area (Å²) in [5.41, 5.74) is 4.49. The molecule has 2 aromatic carbocycles. The fourth-order valence-electron chi connectivity index (χ4n) is 3.50. The third kappa shape index (κ3) is 3.45. The van der Waals surface area contributed by atoms with E-state index >= 15 is 0 Å². The lowest BCUT2D eigenvalue weighted by Crippen LogP contribution is -2.40. The Hall–Kier alpha value is -2.75. The van der Waals surface area contributed by atoms with E-state index in [4.69, 9.17) is 0 Å². The Bertz CT molecular complexity index is 885. The van der Waals surface area contributed by atoms with Gasteiger partial charge in [0.15, 0.2) is 5.78 Å². The average Bonchev–Trinajstić information content (AvgIpc) is 2.59. The molecule has 0 aromatic heterocycles. The number of nitrogens with zero attached hydrogens (tertiary/aromatic N) is 1. The maximum Gasteiger partial charge on any atom is 0.183 e. The first kappa shape index (κ1) is 18.1. The van der Waals surface area contributed by atoms with Gasteiger partial charge in [-0.25, -0.2) is 0 Å². The summed E-state index contributed by atoms with van der Waals surface area (Å²) in [6.45, 7) is 7.96. The van der Waals surface area contributed by atoms with Crippen LogP contribution in [0, 0.1) is 19.8 Å². The summed E-state index contributed by atoms with van der Waals surface area (Å²) in [6, 6.07) is 14.0. The molecule has 1 aliphatic heterocycles. The Morgan fingerprint density at radius 3 is 2.54 bits per heavy atom. The van der Waals surface area contributed by atoms with E-state index in [0.717, 1.165) is 16.8 Å². The number of aryl methyl sites for hydroxylation is 2. The quantitative estimate of drug-likeness (QED) is 0.837. The molecule has 134 valence electrons. The minimum absolute atomic E-state index is 0.158. The van der Waals surface area contributed by atoms with Crippen molar-refractivity contribution in [2.45, 2.75) is 33.6 Å². The number of carbonyl (C=O) groups excluding carboxylic acids is 2. The van der Waals surface area contributed by atoms with Gasteiger partial charge in [-0.2, -0.15) is 0 Å². The highest BCUT2D eigenvalue weighted by molar-refractivity contribution is 6.32. The fourth-order valence-corrected chi connectivity index (χ4v) is 3.50. The minimum Gasteiger partial charge on any atom is -0.342 e. The second-order valence-corrected chi connectivity index (χ2v) is 7.07. The largest absolute Gasteiger partial charge is 0.342 e. The molecule has 1 N–H and O–H groups in total. The van der Waals surface area contributed by atoms with E-state index in [9.17, 15) is 9.59 Å². The van der Waals surface area contributed by atoms with Gasteiger partial charge in [-0.1, -0.05) is 43.3 Å². The van der Waals surface area contributed by atoms with Crippen LogP contribution in [-0.4, -0.2) is 23.9 Å². The molecule has 0 spiro atoms. The molecule has 3 rings (SSSR count). The molecule has 2 atom stereocenters. The molecular weight excluding hydrogens is 324 g/mol. The monoisotopic (exact) mass is 348 g/mol. The number of anilines is 1. The highest BCUT2D eigenvalue weighted by Crippen LogP contribution is 2.31. The van der Waals surface area contributed by atoms with E-state index in [-0.39, 0.29) is 17.5 Å². The number of hydrogen-bond acceptors (Lipinski definition) is 3. The first-order chi connectivity index (χ1) is 12.4. The van der Waals surface area contributed by atoms with Gasteiger partial charge >= 0.3 is 0 Å². The number of ketones is 2. The van der Waals surface area contributed by atoms with E-state index < -0.39 is 5.92 Å². The molecule has 4 nitrogen and oxygen atoms in total. The highest BCUT2D eigenvalue weighted by Gasteiger charge is 2.36. The summed E-state index contributed by atoms with van der Waals surface area (Å²) in [6.07, 6.45) is 0. The molecule has 0 saturated heterocycles. The zero-order chi connectivity index (χ0) is 18.8. The van der Waals surface area contributed by atoms with Crippen LogP contribution in [0.3, 0.4) is 0 Å².